The molecular weight excluding hydrogens is 318 g/mol. The smallest absolute Gasteiger partial charge is 0.272 e. The summed E-state index contributed by atoms with van der Waals surface area (Å²) >= 11 is 0. The third-order valence-corrected chi connectivity index (χ3v) is 4.48. The average molecular weight is 335 g/mol. The largest absolute Gasteiger partial charge is 0.346 e. The summed E-state index contributed by atoms with van der Waals surface area (Å²) in [6, 6.07) is 5.80. The zero-order valence-electron chi connectivity index (χ0n) is 13.7. The number of hydrogen-bond donors (Lipinski definition) is 2. The number of carbonyl (C=O) groups excluding carboxylic acids is 1. The lowest BCUT2D eigenvalue weighted by Crippen LogP contribution is -2.36. The Morgan fingerprint density at radius 2 is 2.32 bits per heavy atom. The number of H-pyrrole nitrogens is 1. The van der Waals surface area contributed by atoms with Crippen LogP contribution in [0, 0.1) is 11.5 Å². The number of fused-ring (bicyclic) bond motifs is 1. The molecule has 1 unspecified atom stereocenters. The van der Waals surface area contributed by atoms with E-state index in [1.54, 1.807) is 15.8 Å². The molecular formula is C17H17N7O. The molecule has 3 heterocycles. The Labute approximate surface area is 144 Å². The van der Waals surface area contributed by atoms with Gasteiger partial charge in [0.05, 0.1) is 11.7 Å². The fourth-order valence-electron chi connectivity index (χ4n) is 3.16. The van der Waals surface area contributed by atoms with Crippen LogP contribution in [0.1, 0.15) is 16.9 Å². The van der Waals surface area contributed by atoms with E-state index in [-0.39, 0.29) is 11.9 Å². The van der Waals surface area contributed by atoms with E-state index in [9.17, 15) is 4.79 Å². The number of nitriles is 1. The van der Waals surface area contributed by atoms with Crippen LogP contribution >= 0.6 is 0 Å². The summed E-state index contributed by atoms with van der Waals surface area (Å²) in [6.45, 7) is 1.22. The summed E-state index contributed by atoms with van der Waals surface area (Å²) in [5.41, 5.74) is 3.14. The number of nitrogens with one attached hydrogen (secondary N) is 2. The van der Waals surface area contributed by atoms with Crippen molar-refractivity contribution in [1.29, 1.82) is 5.26 Å². The van der Waals surface area contributed by atoms with Crippen LogP contribution in [-0.4, -0.2) is 49.9 Å². The van der Waals surface area contributed by atoms with Crippen molar-refractivity contribution in [2.45, 2.75) is 12.5 Å². The van der Waals surface area contributed by atoms with Gasteiger partial charge in [-0.05, 0) is 24.1 Å². The van der Waals surface area contributed by atoms with E-state index in [2.05, 4.69) is 26.8 Å². The number of aromatic amines is 1. The maximum absolute atomic E-state index is 12.6. The molecule has 1 saturated heterocycles. The van der Waals surface area contributed by atoms with Crippen LogP contribution in [0.2, 0.25) is 0 Å². The normalized spacial score (nSPS) is 17.0. The predicted octanol–water partition coefficient (Wildman–Crippen LogP) is 1.25. The van der Waals surface area contributed by atoms with Gasteiger partial charge in [-0.25, -0.2) is 0 Å². The van der Waals surface area contributed by atoms with Gasteiger partial charge in [-0.1, -0.05) is 6.07 Å². The number of aromatic nitrogens is 4. The molecule has 126 valence electrons. The van der Waals surface area contributed by atoms with Crippen molar-refractivity contribution >= 4 is 16.8 Å². The van der Waals surface area contributed by atoms with Gasteiger partial charge in [-0.3, -0.25) is 14.6 Å². The molecule has 2 aromatic heterocycles. The third kappa shape index (κ3) is 2.80. The van der Waals surface area contributed by atoms with Gasteiger partial charge in [0.15, 0.2) is 11.9 Å². The molecule has 2 N–H and O–H groups in total. The first kappa shape index (κ1) is 15.2. The molecule has 1 atom stereocenters. The molecule has 1 aliphatic rings. The van der Waals surface area contributed by atoms with Crippen molar-refractivity contribution in [1.82, 2.24) is 30.2 Å². The molecule has 1 aliphatic heterocycles. The number of carbonyl (C=O) groups is 1. The second-order valence-corrected chi connectivity index (χ2v) is 6.24. The van der Waals surface area contributed by atoms with E-state index < -0.39 is 0 Å². The molecule has 0 radical (unpaired) electrons. The molecule has 3 aromatic rings. The maximum Gasteiger partial charge on any atom is 0.272 e. The Bertz CT molecular complexity index is 980. The Balaban J connectivity index is 1.61. The first-order valence-corrected chi connectivity index (χ1v) is 8.07. The van der Waals surface area contributed by atoms with Gasteiger partial charge in [0.2, 0.25) is 0 Å². The molecule has 1 aromatic carbocycles. The summed E-state index contributed by atoms with van der Waals surface area (Å²) in [6.07, 6.45) is 6.59. The number of benzene rings is 1. The van der Waals surface area contributed by atoms with Gasteiger partial charge >= 0.3 is 0 Å². The highest BCUT2D eigenvalue weighted by Gasteiger charge is 2.25. The molecule has 25 heavy (non-hydrogen) atoms. The predicted molar refractivity (Wildman–Crippen MR) is 91.4 cm³/mol. The highest BCUT2D eigenvalue weighted by Crippen LogP contribution is 2.25. The van der Waals surface area contributed by atoms with E-state index in [1.807, 2.05) is 31.4 Å². The number of aryl methyl sites for hydroxylation is 1. The molecule has 8 nitrogen and oxygen atoms in total. The molecule has 0 aliphatic carbocycles. The average Bonchev–Trinajstić information content (AvgIpc) is 3.33. The van der Waals surface area contributed by atoms with Crippen molar-refractivity contribution in [3.05, 3.63) is 36.3 Å². The number of amides is 1. The van der Waals surface area contributed by atoms with E-state index in [1.165, 1.54) is 0 Å². The Kier molecular flexibility index (Phi) is 3.61. The van der Waals surface area contributed by atoms with Crippen molar-refractivity contribution in [3.63, 3.8) is 0 Å². The van der Waals surface area contributed by atoms with E-state index in [0.717, 1.165) is 28.5 Å². The maximum atomic E-state index is 12.6. The second kappa shape index (κ2) is 5.94. The number of hydrogen-bond acceptors (Lipinski definition) is 5. The van der Waals surface area contributed by atoms with Crippen LogP contribution in [0.15, 0.2) is 30.6 Å². The molecule has 0 spiro atoms. The number of rotatable bonds is 3. The zero-order valence-corrected chi connectivity index (χ0v) is 13.7. The molecule has 0 bridgehead atoms. The summed E-state index contributed by atoms with van der Waals surface area (Å²) in [7, 11) is 1.87. The SMILES string of the molecule is Cn1cc(-c2ccc3[nH]nc(C(=O)NC4CCN(C#N)C4)c3c2)cn1. The van der Waals surface area contributed by atoms with Crippen LogP contribution in [-0.2, 0) is 7.05 Å². The minimum Gasteiger partial charge on any atom is -0.346 e. The number of nitrogens with zero attached hydrogens (tertiary/aromatic N) is 5. The van der Waals surface area contributed by atoms with Crippen molar-refractivity contribution in [2.24, 2.45) is 7.05 Å². The zero-order chi connectivity index (χ0) is 17.4. The van der Waals surface area contributed by atoms with Gasteiger partial charge in [0, 0.05) is 43.3 Å². The monoisotopic (exact) mass is 335 g/mol. The van der Waals surface area contributed by atoms with Gasteiger partial charge in [0.25, 0.3) is 5.91 Å². The lowest BCUT2D eigenvalue weighted by Gasteiger charge is -2.11. The van der Waals surface area contributed by atoms with Crippen molar-refractivity contribution < 1.29 is 4.79 Å². The van der Waals surface area contributed by atoms with E-state index in [0.29, 0.717) is 18.8 Å². The number of likely N-dealkylation sites (tertiary alicyclic amines) is 1. The lowest BCUT2D eigenvalue weighted by atomic mass is 10.1. The third-order valence-electron chi connectivity index (χ3n) is 4.48. The van der Waals surface area contributed by atoms with Crippen LogP contribution in [0.25, 0.3) is 22.0 Å². The standard InChI is InChI=1S/C17H17N7O/c1-23-8-12(7-19-23)11-2-3-15-14(6-11)16(22-21-15)17(25)20-13-4-5-24(9-13)10-18/h2-3,6-8,13H,4-5,9H2,1H3,(H,20,25)(H,21,22). The van der Waals surface area contributed by atoms with Crippen LogP contribution < -0.4 is 5.32 Å². The quantitative estimate of drug-likeness (QED) is 0.701. The van der Waals surface area contributed by atoms with Crippen molar-refractivity contribution in [2.75, 3.05) is 13.1 Å². The Morgan fingerprint density at radius 3 is 3.04 bits per heavy atom. The van der Waals surface area contributed by atoms with Gasteiger partial charge < -0.3 is 10.2 Å². The summed E-state index contributed by atoms with van der Waals surface area (Å²) in [4.78, 5) is 14.3. The van der Waals surface area contributed by atoms with Gasteiger partial charge in [0.1, 0.15) is 0 Å². The molecule has 1 fully saturated rings. The Morgan fingerprint density at radius 1 is 1.44 bits per heavy atom. The van der Waals surface area contributed by atoms with Crippen LogP contribution in [0.5, 0.6) is 0 Å². The van der Waals surface area contributed by atoms with Gasteiger partial charge in [-0.15, -0.1) is 0 Å². The minimum atomic E-state index is -0.223. The summed E-state index contributed by atoms with van der Waals surface area (Å²) < 4.78 is 1.74. The Hall–Kier alpha value is -3.34. The topological polar surface area (TPSA) is 103 Å². The first-order chi connectivity index (χ1) is 12.1. The van der Waals surface area contributed by atoms with E-state index >= 15 is 0 Å². The molecule has 8 heteroatoms. The minimum absolute atomic E-state index is 0.0274. The highest BCUT2D eigenvalue weighted by molar-refractivity contribution is 6.05. The fourth-order valence-corrected chi connectivity index (χ4v) is 3.16. The first-order valence-electron chi connectivity index (χ1n) is 8.07. The second-order valence-electron chi connectivity index (χ2n) is 6.24. The summed E-state index contributed by atoms with van der Waals surface area (Å²) in [5.74, 6) is -0.223. The molecule has 0 saturated carbocycles. The molecule has 4 rings (SSSR count). The highest BCUT2D eigenvalue weighted by atomic mass is 16.2. The van der Waals surface area contributed by atoms with Crippen LogP contribution in [0.3, 0.4) is 0 Å². The lowest BCUT2D eigenvalue weighted by molar-refractivity contribution is 0.0935. The van der Waals surface area contributed by atoms with E-state index in [4.69, 9.17) is 5.26 Å². The van der Waals surface area contributed by atoms with Gasteiger partial charge in [-0.2, -0.15) is 15.5 Å². The van der Waals surface area contributed by atoms with Crippen molar-refractivity contribution in [3.8, 4) is 17.3 Å². The van der Waals surface area contributed by atoms with Crippen LogP contribution in [0.4, 0.5) is 0 Å². The summed E-state index contributed by atoms with van der Waals surface area (Å²) in [5, 5.41) is 23.9. The fraction of sp³-hybridized carbons (Fsp3) is 0.294. The molecule has 1 amide bonds.